The maximum Gasteiger partial charge on any atom is 0.341 e. The molecule has 0 spiro atoms. The molecular formula is C15H16N2O4. The summed E-state index contributed by atoms with van der Waals surface area (Å²) in [5.74, 6) is 0.192. The zero-order valence-corrected chi connectivity index (χ0v) is 11.9. The van der Waals surface area contributed by atoms with Crippen LogP contribution in [-0.4, -0.2) is 28.6 Å². The first-order valence-corrected chi connectivity index (χ1v) is 6.51. The average Bonchev–Trinajstić information content (AvgIpc) is 2.87. The van der Waals surface area contributed by atoms with Crippen molar-refractivity contribution >= 4 is 12.3 Å². The summed E-state index contributed by atoms with van der Waals surface area (Å²) < 4.78 is 12.2. The number of hydrogen-bond acceptors (Lipinski definition) is 5. The molecule has 1 aromatic carbocycles. The molecule has 0 unspecified atom stereocenters. The van der Waals surface area contributed by atoms with Gasteiger partial charge < -0.3 is 9.47 Å². The molecule has 6 heteroatoms. The van der Waals surface area contributed by atoms with E-state index in [-0.39, 0.29) is 6.61 Å². The minimum atomic E-state index is -0.416. The maximum atomic E-state index is 11.8. The highest BCUT2D eigenvalue weighted by atomic mass is 16.5. The molecule has 0 amide bonds. The standard InChI is InChI=1S/C15H16N2O4/c1-3-20-15(19)13-8-16-17(2)14(13)10-21-12-6-4-11(9-18)5-7-12/h4-9H,3,10H2,1-2H3. The fourth-order valence-electron chi connectivity index (χ4n) is 1.81. The fraction of sp³-hybridized carbons (Fsp3) is 0.267. The first-order chi connectivity index (χ1) is 10.2. The van der Waals surface area contributed by atoms with Gasteiger partial charge in [-0.05, 0) is 31.2 Å². The summed E-state index contributed by atoms with van der Waals surface area (Å²) in [5.41, 5.74) is 1.60. The third kappa shape index (κ3) is 3.47. The molecule has 21 heavy (non-hydrogen) atoms. The van der Waals surface area contributed by atoms with Gasteiger partial charge in [0.25, 0.3) is 0 Å². The summed E-state index contributed by atoms with van der Waals surface area (Å²) in [6, 6.07) is 6.73. The Morgan fingerprint density at radius 2 is 2.05 bits per heavy atom. The number of aldehydes is 1. The van der Waals surface area contributed by atoms with Crippen LogP contribution >= 0.6 is 0 Å². The van der Waals surface area contributed by atoms with Crippen molar-refractivity contribution in [3.63, 3.8) is 0 Å². The molecule has 6 nitrogen and oxygen atoms in total. The minimum Gasteiger partial charge on any atom is -0.487 e. The molecule has 1 aromatic heterocycles. The molecule has 1 heterocycles. The highest BCUT2D eigenvalue weighted by molar-refractivity contribution is 5.90. The van der Waals surface area contributed by atoms with Crippen LogP contribution in [0.2, 0.25) is 0 Å². The number of nitrogens with zero attached hydrogens (tertiary/aromatic N) is 2. The van der Waals surface area contributed by atoms with Gasteiger partial charge in [-0.2, -0.15) is 5.10 Å². The Kier molecular flexibility index (Phi) is 4.71. The number of benzene rings is 1. The largest absolute Gasteiger partial charge is 0.487 e. The van der Waals surface area contributed by atoms with Crippen molar-refractivity contribution in [2.24, 2.45) is 7.05 Å². The molecule has 0 radical (unpaired) electrons. The van der Waals surface area contributed by atoms with Crippen LogP contribution < -0.4 is 4.74 Å². The smallest absolute Gasteiger partial charge is 0.341 e. The van der Waals surface area contributed by atoms with Crippen LogP contribution in [0.4, 0.5) is 0 Å². The predicted octanol–water partition coefficient (Wildman–Crippen LogP) is 1.99. The van der Waals surface area contributed by atoms with Crippen LogP contribution in [0.3, 0.4) is 0 Å². The number of aryl methyl sites for hydroxylation is 1. The molecule has 0 saturated carbocycles. The molecule has 0 atom stereocenters. The lowest BCUT2D eigenvalue weighted by molar-refractivity contribution is 0.0523. The van der Waals surface area contributed by atoms with Crippen LogP contribution in [0.25, 0.3) is 0 Å². The zero-order chi connectivity index (χ0) is 15.2. The quantitative estimate of drug-likeness (QED) is 0.600. The van der Waals surface area contributed by atoms with Crippen LogP contribution in [0, 0.1) is 0 Å². The Hall–Kier alpha value is -2.63. The molecule has 0 saturated heterocycles. The minimum absolute atomic E-state index is 0.186. The van der Waals surface area contributed by atoms with E-state index in [1.165, 1.54) is 6.20 Å². The average molecular weight is 288 g/mol. The summed E-state index contributed by atoms with van der Waals surface area (Å²) in [5, 5.41) is 4.05. The lowest BCUT2D eigenvalue weighted by Crippen LogP contribution is -2.11. The summed E-state index contributed by atoms with van der Waals surface area (Å²) >= 11 is 0. The Morgan fingerprint density at radius 3 is 2.67 bits per heavy atom. The topological polar surface area (TPSA) is 70.4 Å². The Bertz CT molecular complexity index is 632. The van der Waals surface area contributed by atoms with E-state index in [0.717, 1.165) is 6.29 Å². The Labute approximate surface area is 122 Å². The van der Waals surface area contributed by atoms with Crippen molar-refractivity contribution in [1.29, 1.82) is 0 Å². The molecular weight excluding hydrogens is 272 g/mol. The van der Waals surface area contributed by atoms with Gasteiger partial charge in [-0.1, -0.05) is 0 Å². The summed E-state index contributed by atoms with van der Waals surface area (Å²) in [6.45, 7) is 2.24. The first-order valence-electron chi connectivity index (χ1n) is 6.51. The van der Waals surface area contributed by atoms with Gasteiger partial charge in [-0.25, -0.2) is 4.79 Å². The molecule has 0 N–H and O–H groups in total. The van der Waals surface area contributed by atoms with Crippen LogP contribution in [0.5, 0.6) is 5.75 Å². The van der Waals surface area contributed by atoms with E-state index < -0.39 is 5.97 Å². The number of hydrogen-bond donors (Lipinski definition) is 0. The Morgan fingerprint density at radius 1 is 1.33 bits per heavy atom. The van der Waals surface area contributed by atoms with Crippen molar-refractivity contribution in [2.45, 2.75) is 13.5 Å². The monoisotopic (exact) mass is 288 g/mol. The van der Waals surface area contributed by atoms with E-state index in [9.17, 15) is 9.59 Å². The summed E-state index contributed by atoms with van der Waals surface area (Å²) in [4.78, 5) is 22.4. The molecule has 0 aliphatic carbocycles. The highest BCUT2D eigenvalue weighted by Gasteiger charge is 2.17. The third-order valence-electron chi connectivity index (χ3n) is 2.95. The summed E-state index contributed by atoms with van der Waals surface area (Å²) in [6.07, 6.45) is 2.23. The van der Waals surface area contributed by atoms with Gasteiger partial charge in [0, 0.05) is 12.6 Å². The maximum absolute atomic E-state index is 11.8. The van der Waals surface area contributed by atoms with Crippen molar-refractivity contribution in [3.05, 3.63) is 47.3 Å². The third-order valence-corrected chi connectivity index (χ3v) is 2.95. The van der Waals surface area contributed by atoms with Crippen molar-refractivity contribution in [1.82, 2.24) is 9.78 Å². The highest BCUT2D eigenvalue weighted by Crippen LogP contribution is 2.16. The predicted molar refractivity (Wildman–Crippen MR) is 75.3 cm³/mol. The van der Waals surface area contributed by atoms with Gasteiger partial charge >= 0.3 is 5.97 Å². The molecule has 0 aliphatic rings. The number of rotatable bonds is 6. The van der Waals surface area contributed by atoms with E-state index in [2.05, 4.69) is 5.10 Å². The molecule has 0 bridgehead atoms. The number of ether oxygens (including phenoxy) is 2. The SMILES string of the molecule is CCOC(=O)c1cnn(C)c1COc1ccc(C=O)cc1. The van der Waals surface area contributed by atoms with Gasteiger partial charge in [-0.15, -0.1) is 0 Å². The van der Waals surface area contributed by atoms with E-state index in [1.54, 1.807) is 42.9 Å². The van der Waals surface area contributed by atoms with Gasteiger partial charge in [0.2, 0.25) is 0 Å². The fourth-order valence-corrected chi connectivity index (χ4v) is 1.81. The first kappa shape index (κ1) is 14.8. The van der Waals surface area contributed by atoms with E-state index >= 15 is 0 Å². The number of carbonyl (C=O) groups excluding carboxylic acids is 2. The normalized spacial score (nSPS) is 10.2. The Balaban J connectivity index is 2.10. The van der Waals surface area contributed by atoms with Gasteiger partial charge in [0.05, 0.1) is 18.5 Å². The number of carbonyl (C=O) groups is 2. The molecule has 110 valence electrons. The van der Waals surface area contributed by atoms with E-state index in [4.69, 9.17) is 9.47 Å². The van der Waals surface area contributed by atoms with Crippen molar-refractivity contribution in [3.8, 4) is 5.75 Å². The summed E-state index contributed by atoms with van der Waals surface area (Å²) in [7, 11) is 1.73. The second kappa shape index (κ2) is 6.69. The van der Waals surface area contributed by atoms with E-state index in [0.29, 0.717) is 29.2 Å². The van der Waals surface area contributed by atoms with Gasteiger partial charge in [0.15, 0.2) is 0 Å². The number of esters is 1. The molecule has 0 fully saturated rings. The van der Waals surface area contributed by atoms with Crippen molar-refractivity contribution < 1.29 is 19.1 Å². The lowest BCUT2D eigenvalue weighted by Gasteiger charge is -2.08. The molecule has 0 aliphatic heterocycles. The molecule has 2 aromatic rings. The second-order valence-corrected chi connectivity index (χ2v) is 4.32. The lowest BCUT2D eigenvalue weighted by atomic mass is 10.2. The second-order valence-electron chi connectivity index (χ2n) is 4.32. The van der Waals surface area contributed by atoms with Gasteiger partial charge in [-0.3, -0.25) is 9.48 Å². The van der Waals surface area contributed by atoms with Crippen LogP contribution in [-0.2, 0) is 18.4 Å². The van der Waals surface area contributed by atoms with Crippen molar-refractivity contribution in [2.75, 3.05) is 6.61 Å². The zero-order valence-electron chi connectivity index (χ0n) is 11.9. The van der Waals surface area contributed by atoms with Crippen LogP contribution in [0.1, 0.15) is 33.3 Å². The van der Waals surface area contributed by atoms with Gasteiger partial charge in [0.1, 0.15) is 24.2 Å². The molecule has 2 rings (SSSR count). The van der Waals surface area contributed by atoms with E-state index in [1.807, 2.05) is 0 Å². The van der Waals surface area contributed by atoms with Crippen LogP contribution in [0.15, 0.2) is 30.5 Å². The number of aromatic nitrogens is 2.